The van der Waals surface area contributed by atoms with Gasteiger partial charge in [-0.2, -0.15) is 5.21 Å². The third-order valence-electron chi connectivity index (χ3n) is 2.85. The lowest BCUT2D eigenvalue weighted by atomic mass is 10.1. The van der Waals surface area contributed by atoms with E-state index in [1.54, 1.807) is 24.3 Å². The second kappa shape index (κ2) is 5.49. The molecular formula is C14H10FN5O. The molecule has 104 valence electrons. The maximum absolute atomic E-state index is 12.8. The van der Waals surface area contributed by atoms with Crippen molar-refractivity contribution in [3.63, 3.8) is 0 Å². The zero-order valence-electron chi connectivity index (χ0n) is 10.7. The molecule has 2 N–H and O–H groups in total. The summed E-state index contributed by atoms with van der Waals surface area (Å²) in [5, 5.41) is 16.3. The molecule has 3 aromatic rings. The van der Waals surface area contributed by atoms with Gasteiger partial charge in [-0.05, 0) is 53.7 Å². The molecule has 0 saturated heterocycles. The van der Waals surface area contributed by atoms with E-state index >= 15 is 0 Å². The van der Waals surface area contributed by atoms with E-state index < -0.39 is 0 Å². The average Bonchev–Trinajstić information content (AvgIpc) is 3.03. The number of hydrogen-bond acceptors (Lipinski definition) is 4. The molecule has 0 saturated carbocycles. The van der Waals surface area contributed by atoms with Crippen LogP contribution in [-0.4, -0.2) is 26.5 Å². The van der Waals surface area contributed by atoms with E-state index in [9.17, 15) is 9.18 Å². The van der Waals surface area contributed by atoms with Gasteiger partial charge in [0.2, 0.25) is 5.82 Å². The molecule has 3 rings (SSSR count). The lowest BCUT2D eigenvalue weighted by Crippen LogP contribution is -2.11. The lowest BCUT2D eigenvalue weighted by molar-refractivity contribution is 0.102. The van der Waals surface area contributed by atoms with Gasteiger partial charge in [0.1, 0.15) is 5.82 Å². The minimum atomic E-state index is -0.379. The van der Waals surface area contributed by atoms with Gasteiger partial charge >= 0.3 is 0 Å². The SMILES string of the molecule is O=C(Nc1ccc(-c2nn[nH]n2)cc1)c1ccc(F)cc1. The molecule has 21 heavy (non-hydrogen) atoms. The fourth-order valence-electron chi connectivity index (χ4n) is 1.79. The van der Waals surface area contributed by atoms with Crippen molar-refractivity contribution in [2.75, 3.05) is 5.32 Å². The Morgan fingerprint density at radius 1 is 1.05 bits per heavy atom. The first-order chi connectivity index (χ1) is 10.2. The number of hydrogen-bond donors (Lipinski definition) is 2. The topological polar surface area (TPSA) is 83.6 Å². The Morgan fingerprint density at radius 3 is 2.38 bits per heavy atom. The molecule has 0 fully saturated rings. The van der Waals surface area contributed by atoms with Crippen molar-refractivity contribution >= 4 is 11.6 Å². The Balaban J connectivity index is 1.73. The first-order valence-electron chi connectivity index (χ1n) is 6.13. The number of amides is 1. The van der Waals surface area contributed by atoms with Crippen LogP contribution in [0.4, 0.5) is 10.1 Å². The van der Waals surface area contributed by atoms with Gasteiger partial charge in [-0.1, -0.05) is 0 Å². The molecule has 2 aromatic carbocycles. The molecule has 6 nitrogen and oxygen atoms in total. The van der Waals surface area contributed by atoms with Gasteiger partial charge in [-0.15, -0.1) is 10.2 Å². The Hall–Kier alpha value is -3.09. The van der Waals surface area contributed by atoms with Crippen LogP contribution in [0.1, 0.15) is 10.4 Å². The second-order valence-electron chi connectivity index (χ2n) is 4.27. The molecule has 0 aliphatic carbocycles. The summed E-state index contributed by atoms with van der Waals surface area (Å²) in [6, 6.07) is 12.3. The predicted molar refractivity (Wildman–Crippen MR) is 74.0 cm³/mol. The number of rotatable bonds is 3. The summed E-state index contributed by atoms with van der Waals surface area (Å²) < 4.78 is 12.8. The Morgan fingerprint density at radius 2 is 1.76 bits per heavy atom. The van der Waals surface area contributed by atoms with Gasteiger partial charge < -0.3 is 5.32 Å². The van der Waals surface area contributed by atoms with Crippen molar-refractivity contribution in [2.45, 2.75) is 0 Å². The fourth-order valence-corrected chi connectivity index (χ4v) is 1.79. The van der Waals surface area contributed by atoms with Crippen molar-refractivity contribution in [3.8, 4) is 11.4 Å². The largest absolute Gasteiger partial charge is 0.322 e. The number of halogens is 1. The molecule has 7 heteroatoms. The molecule has 1 aromatic heterocycles. The predicted octanol–water partition coefficient (Wildman–Crippen LogP) is 2.26. The van der Waals surface area contributed by atoms with E-state index in [0.717, 1.165) is 5.56 Å². The van der Waals surface area contributed by atoms with Crippen LogP contribution in [-0.2, 0) is 0 Å². The number of nitrogens with zero attached hydrogens (tertiary/aromatic N) is 3. The quantitative estimate of drug-likeness (QED) is 0.772. The molecule has 0 atom stereocenters. The summed E-state index contributed by atoms with van der Waals surface area (Å²) in [5.74, 6) is -0.204. The van der Waals surface area contributed by atoms with Crippen LogP contribution in [0.3, 0.4) is 0 Å². The highest BCUT2D eigenvalue weighted by molar-refractivity contribution is 6.04. The smallest absolute Gasteiger partial charge is 0.255 e. The minimum absolute atomic E-state index is 0.303. The lowest BCUT2D eigenvalue weighted by Gasteiger charge is -2.05. The minimum Gasteiger partial charge on any atom is -0.322 e. The van der Waals surface area contributed by atoms with Gasteiger partial charge in [0, 0.05) is 16.8 Å². The number of aromatic amines is 1. The summed E-state index contributed by atoms with van der Waals surface area (Å²) in [7, 11) is 0. The first-order valence-corrected chi connectivity index (χ1v) is 6.13. The van der Waals surface area contributed by atoms with E-state index in [0.29, 0.717) is 17.1 Å². The molecule has 0 unspecified atom stereocenters. The third-order valence-corrected chi connectivity index (χ3v) is 2.85. The zero-order valence-corrected chi connectivity index (χ0v) is 10.7. The van der Waals surface area contributed by atoms with Gasteiger partial charge in [0.15, 0.2) is 0 Å². The first kappa shape index (κ1) is 12.9. The molecule has 1 amide bonds. The molecule has 0 radical (unpaired) electrons. The fraction of sp³-hybridized carbons (Fsp3) is 0. The van der Waals surface area contributed by atoms with Crippen molar-refractivity contribution in [1.82, 2.24) is 20.6 Å². The monoisotopic (exact) mass is 283 g/mol. The average molecular weight is 283 g/mol. The van der Waals surface area contributed by atoms with Crippen molar-refractivity contribution in [2.24, 2.45) is 0 Å². The van der Waals surface area contributed by atoms with Crippen LogP contribution in [0.15, 0.2) is 48.5 Å². The van der Waals surface area contributed by atoms with Crippen LogP contribution in [0.25, 0.3) is 11.4 Å². The number of carbonyl (C=O) groups excluding carboxylic acids is 1. The van der Waals surface area contributed by atoms with Crippen LogP contribution in [0, 0.1) is 5.82 Å². The third kappa shape index (κ3) is 2.92. The van der Waals surface area contributed by atoms with E-state index in [1.165, 1.54) is 24.3 Å². The summed E-state index contributed by atoms with van der Waals surface area (Å²) in [4.78, 5) is 12.0. The van der Waals surface area contributed by atoms with E-state index in [1.807, 2.05) is 0 Å². The molecule has 1 heterocycles. The normalized spacial score (nSPS) is 10.3. The van der Waals surface area contributed by atoms with Gasteiger partial charge in [0.25, 0.3) is 5.91 Å². The Labute approximate surface area is 119 Å². The van der Waals surface area contributed by atoms with E-state index in [4.69, 9.17) is 0 Å². The van der Waals surface area contributed by atoms with Crippen molar-refractivity contribution in [3.05, 3.63) is 59.9 Å². The van der Waals surface area contributed by atoms with Crippen LogP contribution >= 0.6 is 0 Å². The number of H-pyrrole nitrogens is 1. The standard InChI is InChI=1S/C14H10FN5O/c15-11-5-1-10(2-6-11)14(21)16-12-7-3-9(4-8-12)13-17-19-20-18-13/h1-8H,(H,16,21)(H,17,18,19,20). The van der Waals surface area contributed by atoms with Crippen molar-refractivity contribution in [1.29, 1.82) is 0 Å². The highest BCUT2D eigenvalue weighted by Gasteiger charge is 2.07. The number of tetrazole rings is 1. The summed E-state index contributed by atoms with van der Waals surface area (Å²) in [6.45, 7) is 0. The summed E-state index contributed by atoms with van der Waals surface area (Å²) >= 11 is 0. The van der Waals surface area contributed by atoms with E-state index in [-0.39, 0.29) is 11.7 Å². The molecule has 0 bridgehead atoms. The molecule has 0 aliphatic rings. The van der Waals surface area contributed by atoms with E-state index in [2.05, 4.69) is 25.9 Å². The molecular weight excluding hydrogens is 273 g/mol. The van der Waals surface area contributed by atoms with Gasteiger partial charge in [-0.3, -0.25) is 4.79 Å². The highest BCUT2D eigenvalue weighted by atomic mass is 19.1. The summed E-state index contributed by atoms with van der Waals surface area (Å²) in [6.07, 6.45) is 0. The van der Waals surface area contributed by atoms with Crippen LogP contribution in [0.2, 0.25) is 0 Å². The van der Waals surface area contributed by atoms with Crippen molar-refractivity contribution < 1.29 is 9.18 Å². The number of carbonyl (C=O) groups is 1. The highest BCUT2D eigenvalue weighted by Crippen LogP contribution is 2.17. The number of nitrogens with one attached hydrogen (secondary N) is 2. The van der Waals surface area contributed by atoms with Crippen LogP contribution < -0.4 is 5.32 Å². The maximum Gasteiger partial charge on any atom is 0.255 e. The Kier molecular flexibility index (Phi) is 3.38. The zero-order chi connectivity index (χ0) is 14.7. The number of benzene rings is 2. The molecule has 0 aliphatic heterocycles. The summed E-state index contributed by atoms with van der Waals surface area (Å²) in [5.41, 5.74) is 1.79. The Bertz CT molecular complexity index is 738. The van der Waals surface area contributed by atoms with Crippen LogP contribution in [0.5, 0.6) is 0 Å². The molecule has 0 spiro atoms. The van der Waals surface area contributed by atoms with Gasteiger partial charge in [-0.25, -0.2) is 4.39 Å². The number of anilines is 1. The maximum atomic E-state index is 12.8. The number of aromatic nitrogens is 4. The van der Waals surface area contributed by atoms with Gasteiger partial charge in [0.05, 0.1) is 0 Å². The second-order valence-corrected chi connectivity index (χ2v) is 4.27.